The largest absolute Gasteiger partial charge is 0.311 e. The first-order valence-electron chi connectivity index (χ1n) is 10.2. The first-order chi connectivity index (χ1) is 13.8. The van der Waals surface area contributed by atoms with Crippen LogP contribution in [0, 0.1) is 0 Å². The van der Waals surface area contributed by atoms with Crippen molar-refractivity contribution >= 4 is 42.7 Å². The number of nitrogens with zero attached hydrogens (tertiary/aromatic N) is 1. The van der Waals surface area contributed by atoms with E-state index in [9.17, 15) is 0 Å². The molecule has 4 rings (SSSR count). The summed E-state index contributed by atoms with van der Waals surface area (Å²) in [6.45, 7) is 10.9. The van der Waals surface area contributed by atoms with E-state index in [1.807, 2.05) is 6.92 Å². The van der Waals surface area contributed by atoms with E-state index in [0.717, 1.165) is 11.2 Å². The molecule has 3 aromatic rings. The van der Waals surface area contributed by atoms with Gasteiger partial charge in [-0.25, -0.2) is 0 Å². The van der Waals surface area contributed by atoms with Crippen molar-refractivity contribution in [2.75, 3.05) is 4.90 Å². The lowest BCUT2D eigenvalue weighted by molar-refractivity contribution is 0.591. The fourth-order valence-corrected chi connectivity index (χ4v) is 4.01. The Morgan fingerprint density at radius 1 is 0.966 bits per heavy atom. The summed E-state index contributed by atoms with van der Waals surface area (Å²) in [7, 11) is 8.40. The SMILES string of the molecule is [B]/C(C)=C/C1=C(C)[B]c2cc(C(C)(C)C)ccc2N1c1cccc2ccccc12. The standard InChI is InChI=1S/C26H26B2N/c1-17(27)15-25-18(2)28-22-16-20(26(3,4)5)13-14-24(22)29(25)23-12-8-10-19-9-6-7-11-21(19)23/h6-16H,1-5H3/b17-15+. The lowest BCUT2D eigenvalue weighted by Crippen LogP contribution is -2.34. The van der Waals surface area contributed by atoms with Crippen molar-refractivity contribution in [2.45, 2.75) is 40.0 Å². The van der Waals surface area contributed by atoms with Gasteiger partial charge in [-0.05, 0) is 28.5 Å². The maximum absolute atomic E-state index is 6.13. The van der Waals surface area contributed by atoms with Crippen molar-refractivity contribution in [2.24, 2.45) is 0 Å². The summed E-state index contributed by atoms with van der Waals surface area (Å²) in [5.41, 5.74) is 8.19. The maximum Gasteiger partial charge on any atom is 0.191 e. The molecule has 0 atom stereocenters. The average molecular weight is 374 g/mol. The highest BCUT2D eigenvalue weighted by molar-refractivity contribution is 6.64. The van der Waals surface area contributed by atoms with Crippen LogP contribution in [0.4, 0.5) is 11.4 Å². The number of hydrogen-bond donors (Lipinski definition) is 0. The van der Waals surface area contributed by atoms with E-state index in [-0.39, 0.29) is 5.41 Å². The van der Waals surface area contributed by atoms with Gasteiger partial charge in [0.05, 0.1) is 5.69 Å². The summed E-state index contributed by atoms with van der Waals surface area (Å²) < 4.78 is 0. The van der Waals surface area contributed by atoms with E-state index in [0.29, 0.717) is 0 Å². The summed E-state index contributed by atoms with van der Waals surface area (Å²) in [4.78, 5) is 2.36. The Bertz CT molecular complexity index is 1140. The predicted molar refractivity (Wildman–Crippen MR) is 129 cm³/mol. The molecule has 3 heteroatoms. The molecule has 0 amide bonds. The summed E-state index contributed by atoms with van der Waals surface area (Å²) in [5.74, 6) is 0. The zero-order valence-corrected chi connectivity index (χ0v) is 18.0. The van der Waals surface area contributed by atoms with Crippen LogP contribution < -0.4 is 10.4 Å². The Balaban J connectivity index is 2.00. The fraction of sp³-hybridized carbons (Fsp3) is 0.231. The van der Waals surface area contributed by atoms with Crippen molar-refractivity contribution in [1.82, 2.24) is 0 Å². The quantitative estimate of drug-likeness (QED) is 0.503. The third kappa shape index (κ3) is 3.67. The number of benzene rings is 3. The molecule has 0 spiro atoms. The fourth-order valence-electron chi connectivity index (χ4n) is 4.01. The number of rotatable bonds is 2. The van der Waals surface area contributed by atoms with Crippen molar-refractivity contribution in [3.05, 3.63) is 88.9 Å². The third-order valence-corrected chi connectivity index (χ3v) is 5.52. The minimum absolute atomic E-state index is 0.110. The van der Waals surface area contributed by atoms with E-state index in [2.05, 4.69) is 107 Å². The van der Waals surface area contributed by atoms with Crippen molar-refractivity contribution < 1.29 is 0 Å². The Morgan fingerprint density at radius 2 is 1.69 bits per heavy atom. The molecule has 3 radical (unpaired) electrons. The topological polar surface area (TPSA) is 3.24 Å². The molecule has 0 saturated heterocycles. The van der Waals surface area contributed by atoms with Gasteiger partial charge < -0.3 is 4.90 Å². The molecule has 1 aliphatic heterocycles. The van der Waals surface area contributed by atoms with E-state index in [1.165, 1.54) is 38.6 Å². The molecule has 141 valence electrons. The second-order valence-corrected chi connectivity index (χ2v) is 8.96. The molecule has 1 heterocycles. The van der Waals surface area contributed by atoms with Crippen LogP contribution in [0.1, 0.15) is 40.2 Å². The van der Waals surface area contributed by atoms with Gasteiger partial charge in [0.1, 0.15) is 7.85 Å². The van der Waals surface area contributed by atoms with Gasteiger partial charge in [0.15, 0.2) is 7.28 Å². The van der Waals surface area contributed by atoms with Crippen LogP contribution in [-0.2, 0) is 5.41 Å². The van der Waals surface area contributed by atoms with Gasteiger partial charge in [-0.1, -0.05) is 100 Å². The van der Waals surface area contributed by atoms with Gasteiger partial charge in [-0.2, -0.15) is 0 Å². The van der Waals surface area contributed by atoms with Gasteiger partial charge in [0.25, 0.3) is 0 Å². The van der Waals surface area contributed by atoms with Gasteiger partial charge in [0, 0.05) is 16.8 Å². The van der Waals surface area contributed by atoms with Crippen molar-refractivity contribution in [3.8, 4) is 0 Å². The number of fused-ring (bicyclic) bond motifs is 2. The van der Waals surface area contributed by atoms with Gasteiger partial charge in [0.2, 0.25) is 0 Å². The van der Waals surface area contributed by atoms with Crippen LogP contribution in [0.3, 0.4) is 0 Å². The lowest BCUT2D eigenvalue weighted by Gasteiger charge is -2.36. The van der Waals surface area contributed by atoms with Crippen LogP contribution in [0.5, 0.6) is 0 Å². The minimum Gasteiger partial charge on any atom is -0.311 e. The molecule has 0 aromatic heterocycles. The first kappa shape index (κ1) is 19.6. The molecule has 0 N–H and O–H groups in total. The number of allylic oxidation sites excluding steroid dienone is 3. The molecule has 0 bridgehead atoms. The van der Waals surface area contributed by atoms with Crippen LogP contribution >= 0.6 is 0 Å². The van der Waals surface area contributed by atoms with E-state index < -0.39 is 0 Å². The summed E-state index contributed by atoms with van der Waals surface area (Å²) in [6.07, 6.45) is 2.08. The van der Waals surface area contributed by atoms with Gasteiger partial charge in [-0.15, -0.1) is 5.47 Å². The summed E-state index contributed by atoms with van der Waals surface area (Å²) in [6, 6.07) is 21.9. The summed E-state index contributed by atoms with van der Waals surface area (Å²) in [5, 5.41) is 2.47. The molecule has 29 heavy (non-hydrogen) atoms. The van der Waals surface area contributed by atoms with E-state index in [1.54, 1.807) is 0 Å². The van der Waals surface area contributed by atoms with Crippen LogP contribution in [-0.4, -0.2) is 15.1 Å². The highest BCUT2D eigenvalue weighted by Crippen LogP contribution is 2.39. The lowest BCUT2D eigenvalue weighted by atomic mass is 9.59. The van der Waals surface area contributed by atoms with E-state index >= 15 is 0 Å². The molecular formula is C26H26B2N. The monoisotopic (exact) mass is 374 g/mol. The number of hydrogen-bond acceptors (Lipinski definition) is 1. The Kier molecular flexibility index (Phi) is 4.94. The maximum atomic E-state index is 6.13. The average Bonchev–Trinajstić information content (AvgIpc) is 2.67. The number of anilines is 2. The molecular weight excluding hydrogens is 348 g/mol. The first-order valence-corrected chi connectivity index (χ1v) is 10.2. The normalized spacial score (nSPS) is 14.8. The zero-order chi connectivity index (χ0) is 20.8. The second kappa shape index (κ2) is 7.30. The molecule has 0 fully saturated rings. The molecule has 1 aliphatic rings. The minimum atomic E-state index is 0.110. The highest BCUT2D eigenvalue weighted by Gasteiger charge is 2.26. The summed E-state index contributed by atoms with van der Waals surface area (Å²) >= 11 is 0. The smallest absolute Gasteiger partial charge is 0.191 e. The Hall–Kier alpha value is -2.67. The second-order valence-electron chi connectivity index (χ2n) is 8.96. The third-order valence-electron chi connectivity index (χ3n) is 5.52. The van der Waals surface area contributed by atoms with E-state index in [4.69, 9.17) is 7.85 Å². The van der Waals surface area contributed by atoms with Crippen LogP contribution in [0.25, 0.3) is 10.8 Å². The Morgan fingerprint density at radius 3 is 2.41 bits per heavy atom. The molecule has 1 nitrogen and oxygen atoms in total. The van der Waals surface area contributed by atoms with Crippen LogP contribution in [0.2, 0.25) is 0 Å². The predicted octanol–water partition coefficient (Wildman–Crippen LogP) is 5.92. The van der Waals surface area contributed by atoms with Crippen molar-refractivity contribution in [3.63, 3.8) is 0 Å². The highest BCUT2D eigenvalue weighted by atomic mass is 15.2. The molecule has 0 unspecified atom stereocenters. The van der Waals surface area contributed by atoms with Gasteiger partial charge >= 0.3 is 0 Å². The molecule has 0 aliphatic carbocycles. The Labute approximate surface area is 176 Å². The molecule has 3 aromatic carbocycles. The van der Waals surface area contributed by atoms with Gasteiger partial charge in [-0.3, -0.25) is 0 Å². The van der Waals surface area contributed by atoms with Crippen LogP contribution in [0.15, 0.2) is 83.4 Å². The molecule has 0 saturated carbocycles. The zero-order valence-electron chi connectivity index (χ0n) is 18.0. The van der Waals surface area contributed by atoms with Crippen molar-refractivity contribution in [1.29, 1.82) is 0 Å².